The van der Waals surface area contributed by atoms with Gasteiger partial charge in [-0.3, -0.25) is 4.79 Å². The number of carbonyl (C=O) groups excluding carboxylic acids is 1. The summed E-state index contributed by atoms with van der Waals surface area (Å²) in [6, 6.07) is 0. The van der Waals surface area contributed by atoms with Crippen molar-refractivity contribution in [3.8, 4) is 0 Å². The van der Waals surface area contributed by atoms with Gasteiger partial charge in [0.1, 0.15) is 0 Å². The van der Waals surface area contributed by atoms with Crippen molar-refractivity contribution in [2.75, 3.05) is 7.11 Å². The van der Waals surface area contributed by atoms with Crippen LogP contribution in [-0.4, -0.2) is 24.3 Å². The van der Waals surface area contributed by atoms with Gasteiger partial charge in [-0.25, -0.2) is 0 Å². The molecule has 0 spiro atoms. The Labute approximate surface area is 85.8 Å². The van der Waals surface area contributed by atoms with Crippen LogP contribution >= 0.6 is 0 Å². The molecule has 0 radical (unpaired) electrons. The number of allylic oxidation sites excluding steroid dienone is 1. The summed E-state index contributed by atoms with van der Waals surface area (Å²) in [5, 5.41) is 9.67. The fourth-order valence-corrected chi connectivity index (χ4v) is 1.22. The fraction of sp³-hybridized carbons (Fsp3) is 0.727. The second-order valence-corrected chi connectivity index (χ2v) is 3.22. The summed E-state index contributed by atoms with van der Waals surface area (Å²) >= 11 is 0. The summed E-state index contributed by atoms with van der Waals surface area (Å²) in [6.45, 7) is 4.05. The first-order chi connectivity index (χ1) is 6.65. The number of methoxy groups -OCH3 is 1. The molecule has 0 fully saturated rings. The van der Waals surface area contributed by atoms with Gasteiger partial charge in [-0.2, -0.15) is 0 Å². The second kappa shape index (κ2) is 7.56. The number of carbonyl (C=O) groups is 1. The number of hydrogen-bond acceptors (Lipinski definition) is 3. The summed E-state index contributed by atoms with van der Waals surface area (Å²) in [6.07, 6.45) is 4.15. The number of esters is 1. The van der Waals surface area contributed by atoms with E-state index in [0.29, 0.717) is 0 Å². The largest absolute Gasteiger partial charge is 0.469 e. The number of aliphatic hydroxyl groups excluding tert-OH is 1. The fourth-order valence-electron chi connectivity index (χ4n) is 1.22. The lowest BCUT2D eigenvalue weighted by Crippen LogP contribution is -2.16. The van der Waals surface area contributed by atoms with Gasteiger partial charge in [0.05, 0.1) is 19.6 Å². The van der Waals surface area contributed by atoms with Crippen LogP contribution in [-0.2, 0) is 9.53 Å². The molecule has 3 heteroatoms. The van der Waals surface area contributed by atoms with Gasteiger partial charge in [0.25, 0.3) is 0 Å². The Balaban J connectivity index is 4.16. The highest BCUT2D eigenvalue weighted by atomic mass is 16.5. The van der Waals surface area contributed by atoms with Crippen LogP contribution in [0.15, 0.2) is 11.6 Å². The Hall–Kier alpha value is -0.830. The minimum Gasteiger partial charge on any atom is -0.469 e. The summed E-state index contributed by atoms with van der Waals surface area (Å²) in [7, 11) is 1.33. The lowest BCUT2D eigenvalue weighted by atomic mass is 10.0. The molecule has 0 saturated heterocycles. The second-order valence-electron chi connectivity index (χ2n) is 3.22. The van der Waals surface area contributed by atoms with Crippen molar-refractivity contribution >= 4 is 5.97 Å². The molecule has 0 bridgehead atoms. The van der Waals surface area contributed by atoms with E-state index >= 15 is 0 Å². The minimum absolute atomic E-state index is 0.0554. The lowest BCUT2D eigenvalue weighted by molar-refractivity contribution is -0.142. The van der Waals surface area contributed by atoms with Crippen molar-refractivity contribution < 1.29 is 14.6 Å². The molecular weight excluding hydrogens is 180 g/mol. The molecule has 0 aliphatic carbocycles. The van der Waals surface area contributed by atoms with E-state index in [2.05, 4.69) is 11.7 Å². The van der Waals surface area contributed by atoms with Crippen LogP contribution in [0.3, 0.4) is 0 Å². The topological polar surface area (TPSA) is 46.5 Å². The maximum absolute atomic E-state index is 10.9. The van der Waals surface area contributed by atoms with Crippen molar-refractivity contribution in [3.05, 3.63) is 11.6 Å². The molecule has 1 atom stereocenters. The van der Waals surface area contributed by atoms with Crippen LogP contribution in [0.4, 0.5) is 0 Å². The number of rotatable bonds is 6. The third-order valence-corrected chi connectivity index (χ3v) is 2.12. The molecule has 0 rings (SSSR count). The van der Waals surface area contributed by atoms with Crippen molar-refractivity contribution in [2.24, 2.45) is 0 Å². The summed E-state index contributed by atoms with van der Waals surface area (Å²) in [5.74, 6) is -0.367. The number of ether oxygens (including phenoxy) is 1. The molecule has 1 N–H and O–H groups in total. The smallest absolute Gasteiger partial charge is 0.308 e. The number of unbranched alkanes of at least 4 members (excludes halogenated alkanes) is 1. The van der Waals surface area contributed by atoms with Gasteiger partial charge in [0.2, 0.25) is 0 Å². The Kier molecular flexibility index (Phi) is 7.11. The molecule has 0 aromatic rings. The van der Waals surface area contributed by atoms with Crippen molar-refractivity contribution in [2.45, 2.75) is 45.6 Å². The first-order valence-corrected chi connectivity index (χ1v) is 5.09. The molecule has 0 heterocycles. The van der Waals surface area contributed by atoms with Gasteiger partial charge < -0.3 is 9.84 Å². The van der Waals surface area contributed by atoms with E-state index in [4.69, 9.17) is 0 Å². The highest BCUT2D eigenvalue weighted by Crippen LogP contribution is 2.12. The third-order valence-electron chi connectivity index (χ3n) is 2.12. The molecule has 0 aliphatic rings. The SMILES string of the molecule is CCC/C=C(\CC)C(O)CC(=O)OC. The van der Waals surface area contributed by atoms with Gasteiger partial charge >= 0.3 is 5.97 Å². The molecule has 0 aromatic carbocycles. The quantitative estimate of drug-likeness (QED) is 0.527. The number of hydrogen-bond donors (Lipinski definition) is 1. The van der Waals surface area contributed by atoms with E-state index in [9.17, 15) is 9.90 Å². The van der Waals surface area contributed by atoms with Gasteiger partial charge in [0.15, 0.2) is 0 Å². The van der Waals surface area contributed by atoms with Gasteiger partial charge in [0, 0.05) is 0 Å². The van der Waals surface area contributed by atoms with Crippen LogP contribution in [0.1, 0.15) is 39.5 Å². The van der Waals surface area contributed by atoms with E-state index in [0.717, 1.165) is 24.8 Å². The first kappa shape index (κ1) is 13.2. The lowest BCUT2D eigenvalue weighted by Gasteiger charge is -2.12. The van der Waals surface area contributed by atoms with Gasteiger partial charge in [-0.15, -0.1) is 0 Å². The Bertz CT molecular complexity index is 197. The standard InChI is InChI=1S/C11H20O3/c1-4-6-7-9(5-2)10(12)8-11(13)14-3/h7,10,12H,4-6,8H2,1-3H3/b9-7+. The van der Waals surface area contributed by atoms with Crippen molar-refractivity contribution in [1.82, 2.24) is 0 Å². The molecule has 0 aromatic heterocycles. The molecule has 3 nitrogen and oxygen atoms in total. The summed E-state index contributed by atoms with van der Waals surface area (Å²) in [5.41, 5.74) is 0.928. The highest BCUT2D eigenvalue weighted by molar-refractivity contribution is 5.70. The molecule has 82 valence electrons. The Morgan fingerprint density at radius 1 is 1.50 bits per heavy atom. The van der Waals surface area contributed by atoms with Crippen molar-refractivity contribution in [1.29, 1.82) is 0 Å². The molecule has 0 saturated carbocycles. The minimum atomic E-state index is -0.681. The molecule has 0 aliphatic heterocycles. The van der Waals surface area contributed by atoms with Crippen LogP contribution in [0.2, 0.25) is 0 Å². The maximum Gasteiger partial charge on any atom is 0.308 e. The van der Waals surface area contributed by atoms with Crippen LogP contribution in [0, 0.1) is 0 Å². The van der Waals surface area contributed by atoms with Crippen LogP contribution < -0.4 is 0 Å². The molecule has 1 unspecified atom stereocenters. The van der Waals surface area contributed by atoms with Crippen LogP contribution in [0.5, 0.6) is 0 Å². The highest BCUT2D eigenvalue weighted by Gasteiger charge is 2.13. The van der Waals surface area contributed by atoms with Gasteiger partial charge in [-0.1, -0.05) is 26.3 Å². The van der Waals surface area contributed by atoms with Crippen molar-refractivity contribution in [3.63, 3.8) is 0 Å². The predicted octanol–water partition coefficient (Wildman–Crippen LogP) is 2.05. The zero-order valence-electron chi connectivity index (χ0n) is 9.25. The molecule has 14 heavy (non-hydrogen) atoms. The average Bonchev–Trinajstić information content (AvgIpc) is 2.18. The summed E-state index contributed by atoms with van der Waals surface area (Å²) in [4.78, 5) is 10.9. The van der Waals surface area contributed by atoms with E-state index in [1.54, 1.807) is 0 Å². The van der Waals surface area contributed by atoms with E-state index in [1.165, 1.54) is 7.11 Å². The Morgan fingerprint density at radius 3 is 2.57 bits per heavy atom. The normalized spacial score (nSPS) is 13.9. The zero-order valence-corrected chi connectivity index (χ0v) is 9.25. The number of aliphatic hydroxyl groups is 1. The van der Waals surface area contributed by atoms with Crippen LogP contribution in [0.25, 0.3) is 0 Å². The maximum atomic E-state index is 10.9. The van der Waals surface area contributed by atoms with E-state index < -0.39 is 6.10 Å². The molecule has 0 amide bonds. The molecular formula is C11H20O3. The monoisotopic (exact) mass is 200 g/mol. The average molecular weight is 200 g/mol. The first-order valence-electron chi connectivity index (χ1n) is 5.09. The Morgan fingerprint density at radius 2 is 2.14 bits per heavy atom. The van der Waals surface area contributed by atoms with E-state index in [1.807, 2.05) is 13.0 Å². The third kappa shape index (κ3) is 5.02. The predicted molar refractivity (Wildman–Crippen MR) is 55.9 cm³/mol. The zero-order chi connectivity index (χ0) is 11.0. The van der Waals surface area contributed by atoms with Gasteiger partial charge in [-0.05, 0) is 18.4 Å². The van der Waals surface area contributed by atoms with E-state index in [-0.39, 0.29) is 12.4 Å². The summed E-state index contributed by atoms with van der Waals surface area (Å²) < 4.78 is 4.49.